The summed E-state index contributed by atoms with van der Waals surface area (Å²) in [5.41, 5.74) is 2.84. The van der Waals surface area contributed by atoms with Crippen LogP contribution in [0.3, 0.4) is 0 Å². The molecule has 94 valence electrons. The van der Waals surface area contributed by atoms with Gasteiger partial charge in [-0.25, -0.2) is 4.98 Å². The van der Waals surface area contributed by atoms with E-state index >= 15 is 0 Å². The van der Waals surface area contributed by atoms with E-state index in [-0.39, 0.29) is 0 Å². The number of hydrogen-bond donors (Lipinski definition) is 2. The van der Waals surface area contributed by atoms with E-state index in [4.69, 9.17) is 11.6 Å². The molecule has 0 aliphatic carbocycles. The van der Waals surface area contributed by atoms with Crippen molar-refractivity contribution in [3.63, 3.8) is 0 Å². The van der Waals surface area contributed by atoms with Gasteiger partial charge < -0.3 is 10.6 Å². The van der Waals surface area contributed by atoms with Crippen LogP contribution < -0.4 is 10.6 Å². The van der Waals surface area contributed by atoms with Crippen LogP contribution in [0.5, 0.6) is 0 Å². The number of nitrogens with one attached hydrogen (secondary N) is 2. The van der Waals surface area contributed by atoms with Crippen molar-refractivity contribution in [3.05, 3.63) is 40.5 Å². The fraction of sp³-hybridized carbons (Fsp3) is 0.231. The Hall–Kier alpha value is -1.81. The van der Waals surface area contributed by atoms with Crippen molar-refractivity contribution in [3.8, 4) is 0 Å². The van der Waals surface area contributed by atoms with E-state index in [1.807, 2.05) is 32.0 Å². The summed E-state index contributed by atoms with van der Waals surface area (Å²) >= 11 is 6.25. The third kappa shape index (κ3) is 2.54. The Morgan fingerprint density at radius 3 is 2.67 bits per heavy atom. The molecule has 0 aliphatic heterocycles. The molecule has 0 unspecified atom stereocenters. The molecule has 1 heterocycles. The second-order valence-electron chi connectivity index (χ2n) is 4.04. The highest BCUT2D eigenvalue weighted by Crippen LogP contribution is 2.28. The van der Waals surface area contributed by atoms with E-state index in [9.17, 15) is 0 Å². The molecule has 0 saturated carbocycles. The fourth-order valence-corrected chi connectivity index (χ4v) is 1.73. The van der Waals surface area contributed by atoms with Gasteiger partial charge in [-0.1, -0.05) is 23.7 Å². The van der Waals surface area contributed by atoms with Crippen LogP contribution in [0, 0.1) is 13.8 Å². The Labute approximate surface area is 111 Å². The van der Waals surface area contributed by atoms with Gasteiger partial charge in [0, 0.05) is 18.8 Å². The van der Waals surface area contributed by atoms with Crippen LogP contribution >= 0.6 is 11.6 Å². The van der Waals surface area contributed by atoms with Crippen LogP contribution in [-0.4, -0.2) is 17.0 Å². The molecule has 0 amide bonds. The summed E-state index contributed by atoms with van der Waals surface area (Å²) in [5, 5.41) is 6.85. The summed E-state index contributed by atoms with van der Waals surface area (Å²) in [4.78, 5) is 8.51. The van der Waals surface area contributed by atoms with E-state index in [0.717, 1.165) is 22.6 Å². The Bertz CT molecular complexity index is 569. The summed E-state index contributed by atoms with van der Waals surface area (Å²) in [7, 11) is 1.79. The SMILES string of the molecule is CNc1ncc(C)c(Nc2cccc(C)c2Cl)n1. The number of benzene rings is 1. The maximum atomic E-state index is 6.25. The molecule has 0 bridgehead atoms. The zero-order chi connectivity index (χ0) is 13.1. The molecule has 1 aromatic heterocycles. The standard InChI is InChI=1S/C13H15ClN4/c1-8-5-4-6-10(11(8)14)17-12-9(2)7-16-13(15-3)18-12/h4-7H,1-3H3,(H2,15,16,17,18). The molecular formula is C13H15ClN4. The lowest BCUT2D eigenvalue weighted by atomic mass is 10.2. The minimum absolute atomic E-state index is 0.576. The molecule has 0 aliphatic rings. The van der Waals surface area contributed by atoms with E-state index in [1.165, 1.54) is 0 Å². The van der Waals surface area contributed by atoms with Crippen LogP contribution in [0.1, 0.15) is 11.1 Å². The highest BCUT2D eigenvalue weighted by atomic mass is 35.5. The van der Waals surface area contributed by atoms with Crippen molar-refractivity contribution in [1.29, 1.82) is 0 Å². The maximum absolute atomic E-state index is 6.25. The molecular weight excluding hydrogens is 248 g/mol. The van der Waals surface area contributed by atoms with Crippen molar-refractivity contribution >= 4 is 29.1 Å². The second kappa shape index (κ2) is 5.23. The van der Waals surface area contributed by atoms with E-state index in [1.54, 1.807) is 13.2 Å². The van der Waals surface area contributed by atoms with Gasteiger partial charge in [0.25, 0.3) is 0 Å². The van der Waals surface area contributed by atoms with Gasteiger partial charge in [0.1, 0.15) is 5.82 Å². The van der Waals surface area contributed by atoms with Crippen molar-refractivity contribution in [1.82, 2.24) is 9.97 Å². The van der Waals surface area contributed by atoms with E-state index < -0.39 is 0 Å². The maximum Gasteiger partial charge on any atom is 0.224 e. The molecule has 2 rings (SSSR count). The number of nitrogens with zero attached hydrogens (tertiary/aromatic N) is 2. The molecule has 0 spiro atoms. The largest absolute Gasteiger partial charge is 0.357 e. The molecule has 0 atom stereocenters. The first-order valence-electron chi connectivity index (χ1n) is 5.65. The van der Waals surface area contributed by atoms with Gasteiger partial charge >= 0.3 is 0 Å². The summed E-state index contributed by atoms with van der Waals surface area (Å²) < 4.78 is 0. The van der Waals surface area contributed by atoms with Crippen LogP contribution in [0.15, 0.2) is 24.4 Å². The van der Waals surface area contributed by atoms with Gasteiger partial charge in [-0.2, -0.15) is 4.98 Å². The lowest BCUT2D eigenvalue weighted by Crippen LogP contribution is -2.02. The zero-order valence-corrected chi connectivity index (χ0v) is 11.3. The molecule has 2 N–H and O–H groups in total. The van der Waals surface area contributed by atoms with Gasteiger partial charge in [-0.05, 0) is 25.5 Å². The highest BCUT2D eigenvalue weighted by Gasteiger charge is 2.07. The summed E-state index contributed by atoms with van der Waals surface area (Å²) in [6.45, 7) is 3.92. The molecule has 0 fully saturated rings. The molecule has 0 radical (unpaired) electrons. The first kappa shape index (κ1) is 12.6. The summed E-state index contributed by atoms with van der Waals surface area (Å²) in [5.74, 6) is 1.33. The Morgan fingerprint density at radius 2 is 1.94 bits per heavy atom. The average Bonchev–Trinajstić information content (AvgIpc) is 2.37. The van der Waals surface area contributed by atoms with Gasteiger partial charge in [-0.15, -0.1) is 0 Å². The molecule has 18 heavy (non-hydrogen) atoms. The first-order valence-corrected chi connectivity index (χ1v) is 6.03. The molecule has 2 aromatic rings. The van der Waals surface area contributed by atoms with E-state index in [0.29, 0.717) is 11.0 Å². The Kier molecular flexibility index (Phi) is 3.67. The molecule has 0 saturated heterocycles. The number of anilines is 3. The molecule has 1 aromatic carbocycles. The van der Waals surface area contributed by atoms with E-state index in [2.05, 4.69) is 20.6 Å². The van der Waals surface area contributed by atoms with Crippen LogP contribution in [0.25, 0.3) is 0 Å². The molecule has 4 nitrogen and oxygen atoms in total. The van der Waals surface area contributed by atoms with Crippen molar-refractivity contribution in [2.45, 2.75) is 13.8 Å². The van der Waals surface area contributed by atoms with Gasteiger partial charge in [-0.3, -0.25) is 0 Å². The van der Waals surface area contributed by atoms with Crippen LogP contribution in [-0.2, 0) is 0 Å². The lowest BCUT2D eigenvalue weighted by Gasteiger charge is -2.12. The second-order valence-corrected chi connectivity index (χ2v) is 4.41. The highest BCUT2D eigenvalue weighted by molar-refractivity contribution is 6.34. The quantitative estimate of drug-likeness (QED) is 0.888. The Balaban J connectivity index is 2.36. The zero-order valence-electron chi connectivity index (χ0n) is 10.6. The Morgan fingerprint density at radius 1 is 1.17 bits per heavy atom. The van der Waals surface area contributed by atoms with Crippen LogP contribution in [0.2, 0.25) is 5.02 Å². The number of hydrogen-bond acceptors (Lipinski definition) is 4. The lowest BCUT2D eigenvalue weighted by molar-refractivity contribution is 1.12. The summed E-state index contributed by atoms with van der Waals surface area (Å²) in [6.07, 6.45) is 1.77. The third-order valence-electron chi connectivity index (χ3n) is 2.64. The topological polar surface area (TPSA) is 49.8 Å². The number of aryl methyl sites for hydroxylation is 2. The first-order chi connectivity index (χ1) is 8.61. The minimum atomic E-state index is 0.576. The fourth-order valence-electron chi connectivity index (χ4n) is 1.56. The monoisotopic (exact) mass is 262 g/mol. The van der Waals surface area contributed by atoms with Crippen molar-refractivity contribution in [2.24, 2.45) is 0 Å². The van der Waals surface area contributed by atoms with Gasteiger partial charge in [0.2, 0.25) is 5.95 Å². The van der Waals surface area contributed by atoms with Crippen LogP contribution in [0.4, 0.5) is 17.5 Å². The predicted octanol–water partition coefficient (Wildman–Crippen LogP) is 3.53. The minimum Gasteiger partial charge on any atom is -0.357 e. The third-order valence-corrected chi connectivity index (χ3v) is 3.14. The van der Waals surface area contributed by atoms with Crippen molar-refractivity contribution < 1.29 is 0 Å². The number of halogens is 1. The van der Waals surface area contributed by atoms with Gasteiger partial charge in [0.05, 0.1) is 10.7 Å². The van der Waals surface area contributed by atoms with Crippen molar-refractivity contribution in [2.75, 3.05) is 17.7 Å². The van der Waals surface area contributed by atoms with Gasteiger partial charge in [0.15, 0.2) is 0 Å². The number of rotatable bonds is 3. The summed E-state index contributed by atoms with van der Waals surface area (Å²) in [6, 6.07) is 5.86. The number of aromatic nitrogens is 2. The molecule has 5 heteroatoms. The smallest absolute Gasteiger partial charge is 0.224 e. The average molecular weight is 263 g/mol. The normalized spacial score (nSPS) is 10.2. The predicted molar refractivity (Wildman–Crippen MR) is 75.8 cm³/mol.